The molecule has 4 nitrogen and oxygen atoms in total. The molecule has 1 atom stereocenters. The molecule has 1 heterocycles. The normalized spacial score (nSPS) is 16.2. The van der Waals surface area contributed by atoms with Crippen LogP contribution in [0.15, 0.2) is 66.7 Å². The molecule has 0 radical (unpaired) electrons. The summed E-state index contributed by atoms with van der Waals surface area (Å²) >= 11 is 0. The first-order valence-electron chi connectivity index (χ1n) is 10.7. The van der Waals surface area contributed by atoms with Gasteiger partial charge in [0.2, 0.25) is 5.91 Å². The molecule has 0 saturated heterocycles. The topological polar surface area (TPSA) is 49.4 Å². The number of halogens is 1. The molecular weight excluding hydrogens is 403 g/mol. The number of anilines is 1. The lowest BCUT2D eigenvalue weighted by Gasteiger charge is -2.31. The quantitative estimate of drug-likeness (QED) is 0.574. The third kappa shape index (κ3) is 4.28. The molecule has 4 rings (SSSR count). The molecule has 0 saturated carbocycles. The number of rotatable bonds is 2. The van der Waals surface area contributed by atoms with E-state index in [9.17, 15) is 14.0 Å². The van der Waals surface area contributed by atoms with Crippen molar-refractivity contribution in [2.45, 2.75) is 39.2 Å². The fourth-order valence-electron chi connectivity index (χ4n) is 4.10. The van der Waals surface area contributed by atoms with Gasteiger partial charge in [0, 0.05) is 16.8 Å². The van der Waals surface area contributed by atoms with Crippen molar-refractivity contribution in [1.29, 1.82) is 0 Å². The van der Waals surface area contributed by atoms with Crippen LogP contribution in [0.25, 0.3) is 0 Å². The standard InChI is InChI=1S/C27H27FN2O2/c1-17-5-14-23-22(15-17)25(18-8-12-21(28)13-9-18)30(16-24(31)29-23)26(32)19-6-10-20(11-7-19)27(2,3)4/h5-15,25H,16H2,1-4H3,(H,29,31). The van der Waals surface area contributed by atoms with E-state index in [0.29, 0.717) is 11.3 Å². The molecule has 2 amide bonds. The number of hydrogen-bond acceptors (Lipinski definition) is 2. The average Bonchev–Trinajstić information content (AvgIpc) is 2.89. The Labute approximate surface area is 188 Å². The van der Waals surface area contributed by atoms with Crippen molar-refractivity contribution in [2.24, 2.45) is 0 Å². The van der Waals surface area contributed by atoms with Crippen LogP contribution < -0.4 is 5.32 Å². The van der Waals surface area contributed by atoms with Crippen LogP contribution in [0, 0.1) is 12.7 Å². The van der Waals surface area contributed by atoms with Gasteiger partial charge in [-0.05, 0) is 53.8 Å². The van der Waals surface area contributed by atoms with Crippen LogP contribution in [0.1, 0.15) is 59.4 Å². The van der Waals surface area contributed by atoms with Crippen molar-refractivity contribution < 1.29 is 14.0 Å². The summed E-state index contributed by atoms with van der Waals surface area (Å²) in [6.45, 7) is 8.22. The summed E-state index contributed by atoms with van der Waals surface area (Å²) in [5.41, 5.74) is 4.82. The maximum atomic E-state index is 13.7. The summed E-state index contributed by atoms with van der Waals surface area (Å²) < 4.78 is 13.7. The molecule has 0 bridgehead atoms. The minimum Gasteiger partial charge on any atom is -0.324 e. The van der Waals surface area contributed by atoms with Crippen molar-refractivity contribution in [1.82, 2.24) is 4.90 Å². The number of carbonyl (C=O) groups excluding carboxylic acids is 2. The van der Waals surface area contributed by atoms with Crippen LogP contribution in [0.5, 0.6) is 0 Å². The Morgan fingerprint density at radius 1 is 1.00 bits per heavy atom. The first kappa shape index (κ1) is 21.8. The van der Waals surface area contributed by atoms with Gasteiger partial charge in [-0.3, -0.25) is 9.59 Å². The van der Waals surface area contributed by atoms with Crippen molar-refractivity contribution >= 4 is 17.5 Å². The Morgan fingerprint density at radius 2 is 1.66 bits per heavy atom. The third-order valence-corrected chi connectivity index (χ3v) is 5.85. The summed E-state index contributed by atoms with van der Waals surface area (Å²) in [6.07, 6.45) is 0. The Balaban J connectivity index is 1.83. The number of benzene rings is 3. The number of aryl methyl sites for hydroxylation is 1. The van der Waals surface area contributed by atoms with Gasteiger partial charge in [-0.1, -0.05) is 62.7 Å². The van der Waals surface area contributed by atoms with Crippen LogP contribution in [-0.2, 0) is 10.2 Å². The summed E-state index contributed by atoms with van der Waals surface area (Å²) in [7, 11) is 0. The van der Waals surface area contributed by atoms with Crippen LogP contribution in [0.4, 0.5) is 10.1 Å². The van der Waals surface area contributed by atoms with E-state index in [4.69, 9.17) is 0 Å². The Morgan fingerprint density at radius 3 is 2.28 bits per heavy atom. The number of nitrogens with zero attached hydrogens (tertiary/aromatic N) is 1. The first-order valence-corrected chi connectivity index (χ1v) is 10.7. The maximum Gasteiger partial charge on any atom is 0.255 e. The van der Waals surface area contributed by atoms with Gasteiger partial charge < -0.3 is 10.2 Å². The lowest BCUT2D eigenvalue weighted by molar-refractivity contribution is -0.117. The summed E-state index contributed by atoms with van der Waals surface area (Å²) in [4.78, 5) is 28.0. The van der Waals surface area contributed by atoms with Gasteiger partial charge in [0.25, 0.3) is 5.91 Å². The number of nitrogens with one attached hydrogen (secondary N) is 1. The van der Waals surface area contributed by atoms with Crippen molar-refractivity contribution in [3.05, 3.63) is 100 Å². The van der Waals surface area contributed by atoms with Gasteiger partial charge in [0.15, 0.2) is 0 Å². The molecule has 32 heavy (non-hydrogen) atoms. The molecular formula is C27H27FN2O2. The third-order valence-electron chi connectivity index (χ3n) is 5.85. The zero-order valence-electron chi connectivity index (χ0n) is 18.8. The fraction of sp³-hybridized carbons (Fsp3) is 0.259. The van der Waals surface area contributed by atoms with Crippen molar-refractivity contribution in [2.75, 3.05) is 11.9 Å². The average molecular weight is 431 g/mol. The monoisotopic (exact) mass is 430 g/mol. The minimum atomic E-state index is -0.528. The fourth-order valence-corrected chi connectivity index (χ4v) is 4.10. The van der Waals surface area contributed by atoms with Gasteiger partial charge in [0.1, 0.15) is 12.4 Å². The molecule has 0 aliphatic carbocycles. The van der Waals surface area contributed by atoms with Crippen LogP contribution in [0.2, 0.25) is 0 Å². The van der Waals surface area contributed by atoms with E-state index in [-0.39, 0.29) is 29.6 Å². The zero-order valence-corrected chi connectivity index (χ0v) is 18.8. The molecule has 1 N–H and O–H groups in total. The van der Waals surface area contributed by atoms with Crippen LogP contribution in [0.3, 0.4) is 0 Å². The first-order chi connectivity index (χ1) is 15.1. The second-order valence-corrected chi connectivity index (χ2v) is 9.35. The largest absolute Gasteiger partial charge is 0.324 e. The van der Waals surface area contributed by atoms with E-state index in [1.165, 1.54) is 12.1 Å². The lowest BCUT2D eigenvalue weighted by atomic mass is 9.86. The van der Waals surface area contributed by atoms with E-state index in [1.807, 2.05) is 49.4 Å². The summed E-state index contributed by atoms with van der Waals surface area (Å²) in [6, 6.07) is 18.8. The smallest absolute Gasteiger partial charge is 0.255 e. The Bertz CT molecular complexity index is 1160. The predicted molar refractivity (Wildman–Crippen MR) is 124 cm³/mol. The molecule has 3 aromatic rings. The number of carbonyl (C=O) groups is 2. The minimum absolute atomic E-state index is 0.0306. The van der Waals surface area contributed by atoms with E-state index < -0.39 is 6.04 Å². The molecule has 3 aromatic carbocycles. The second kappa shape index (κ2) is 8.23. The SMILES string of the molecule is Cc1ccc2c(c1)C(c1ccc(F)cc1)N(C(=O)c1ccc(C(C)(C)C)cc1)CC(=O)N2. The molecule has 1 aliphatic heterocycles. The summed E-state index contributed by atoms with van der Waals surface area (Å²) in [5, 5.41) is 2.92. The van der Waals surface area contributed by atoms with E-state index >= 15 is 0 Å². The molecule has 0 fully saturated rings. The molecule has 1 unspecified atom stereocenters. The molecule has 5 heteroatoms. The van der Waals surface area contributed by atoms with Gasteiger partial charge in [-0.25, -0.2) is 4.39 Å². The van der Waals surface area contributed by atoms with Crippen molar-refractivity contribution in [3.8, 4) is 0 Å². The van der Waals surface area contributed by atoms with E-state index in [0.717, 1.165) is 22.3 Å². The Kier molecular flexibility index (Phi) is 5.59. The van der Waals surface area contributed by atoms with Crippen LogP contribution in [-0.4, -0.2) is 23.3 Å². The number of hydrogen-bond donors (Lipinski definition) is 1. The highest BCUT2D eigenvalue weighted by molar-refractivity contribution is 6.01. The van der Waals surface area contributed by atoms with E-state index in [1.54, 1.807) is 17.0 Å². The van der Waals surface area contributed by atoms with E-state index in [2.05, 4.69) is 26.1 Å². The summed E-state index contributed by atoms with van der Waals surface area (Å²) in [5.74, 6) is -0.861. The highest BCUT2D eigenvalue weighted by Gasteiger charge is 2.34. The van der Waals surface area contributed by atoms with Gasteiger partial charge in [0.05, 0.1) is 6.04 Å². The highest BCUT2D eigenvalue weighted by Crippen LogP contribution is 2.37. The maximum absolute atomic E-state index is 13.7. The zero-order chi connectivity index (χ0) is 23.0. The van der Waals surface area contributed by atoms with Gasteiger partial charge >= 0.3 is 0 Å². The number of fused-ring (bicyclic) bond motifs is 1. The van der Waals surface area contributed by atoms with Crippen molar-refractivity contribution in [3.63, 3.8) is 0 Å². The predicted octanol–water partition coefficient (Wildman–Crippen LogP) is 5.62. The molecule has 1 aliphatic rings. The number of amides is 2. The van der Waals surface area contributed by atoms with Gasteiger partial charge in [-0.2, -0.15) is 0 Å². The molecule has 0 aromatic heterocycles. The van der Waals surface area contributed by atoms with Crippen LogP contribution >= 0.6 is 0 Å². The molecule has 164 valence electrons. The van der Waals surface area contributed by atoms with Gasteiger partial charge in [-0.15, -0.1) is 0 Å². The Hall–Kier alpha value is -3.47. The second-order valence-electron chi connectivity index (χ2n) is 9.35. The highest BCUT2D eigenvalue weighted by atomic mass is 19.1. The lowest BCUT2D eigenvalue weighted by Crippen LogP contribution is -2.39. The molecule has 0 spiro atoms.